The molecule has 0 saturated heterocycles. The molecule has 0 unspecified atom stereocenters. The molecule has 6 nitrogen and oxygen atoms in total. The minimum absolute atomic E-state index is 0.174. The van der Waals surface area contributed by atoms with Gasteiger partial charge < -0.3 is 15.4 Å². The summed E-state index contributed by atoms with van der Waals surface area (Å²) in [5, 5.41) is 5.28. The summed E-state index contributed by atoms with van der Waals surface area (Å²) < 4.78 is 33.8. The summed E-state index contributed by atoms with van der Waals surface area (Å²) >= 11 is 1.23. The second-order valence-electron chi connectivity index (χ2n) is 6.76. The zero-order valence-corrected chi connectivity index (χ0v) is 16.4. The highest BCUT2D eigenvalue weighted by Gasteiger charge is 2.43. The molecule has 2 atom stereocenters. The lowest BCUT2D eigenvalue weighted by Crippen LogP contribution is -2.22. The Bertz CT molecular complexity index is 1130. The molecule has 1 aliphatic rings. The number of alkyl halides is 1. The van der Waals surface area contributed by atoms with Gasteiger partial charge in [0.2, 0.25) is 5.91 Å². The Hall–Kier alpha value is -3.07. The Balaban J connectivity index is 1.66. The van der Waals surface area contributed by atoms with E-state index in [1.807, 2.05) is 0 Å². The number of rotatable bonds is 4. The molecule has 0 bridgehead atoms. The van der Waals surface area contributed by atoms with Gasteiger partial charge in [-0.15, -0.1) is 0 Å². The smallest absolute Gasteiger partial charge is 0.407 e. The maximum absolute atomic E-state index is 15.0. The molecule has 0 radical (unpaired) electrons. The molecular weight excluding hydrogens is 400 g/mol. The Kier molecular flexibility index (Phi) is 4.91. The number of benzene rings is 2. The van der Waals surface area contributed by atoms with E-state index in [1.165, 1.54) is 24.5 Å². The quantitative estimate of drug-likeness (QED) is 0.658. The van der Waals surface area contributed by atoms with E-state index in [-0.39, 0.29) is 18.1 Å². The van der Waals surface area contributed by atoms with Crippen molar-refractivity contribution in [2.45, 2.75) is 19.5 Å². The van der Waals surface area contributed by atoms with E-state index in [2.05, 4.69) is 15.6 Å². The predicted molar refractivity (Wildman–Crippen MR) is 106 cm³/mol. The summed E-state index contributed by atoms with van der Waals surface area (Å²) in [5.74, 6) is -1.80. The normalized spacial score (nSPS) is 17.8. The first kappa shape index (κ1) is 19.3. The molecule has 1 aliphatic carbocycles. The molecule has 1 aromatic heterocycles. The second kappa shape index (κ2) is 7.40. The number of nitrogens with zero attached hydrogens (tertiary/aromatic N) is 1. The van der Waals surface area contributed by atoms with E-state index in [4.69, 9.17) is 4.74 Å². The van der Waals surface area contributed by atoms with Gasteiger partial charge in [-0.25, -0.2) is 18.6 Å². The number of ether oxygens (including phenoxy) is 1. The number of anilines is 1. The second-order valence-corrected chi connectivity index (χ2v) is 7.79. The summed E-state index contributed by atoms with van der Waals surface area (Å²) in [4.78, 5) is 27.7. The van der Waals surface area contributed by atoms with Gasteiger partial charge in [0.05, 0.1) is 16.1 Å². The van der Waals surface area contributed by atoms with Gasteiger partial charge in [0.15, 0.2) is 16.7 Å². The zero-order chi connectivity index (χ0) is 20.7. The highest BCUT2D eigenvalue weighted by atomic mass is 32.1. The first-order chi connectivity index (χ1) is 13.9. The van der Waals surface area contributed by atoms with Gasteiger partial charge in [-0.2, -0.15) is 0 Å². The Morgan fingerprint density at radius 1 is 1.28 bits per heavy atom. The number of aromatic nitrogens is 1. The standard InChI is InChI=1S/C20H17F2N3O3S/c1-9-3-6-14(28-20(27)23-2)17(22)16(9)10-4-5-13-15(7-10)29-19(24-13)25-18(26)11-8-12(11)21/h3-7,11-12H,8H2,1-2H3,(H,23,27)(H,24,25,26)/t11-,12+/m1/s1. The van der Waals surface area contributed by atoms with Crippen LogP contribution in [0.5, 0.6) is 5.75 Å². The minimum atomic E-state index is -1.08. The van der Waals surface area contributed by atoms with E-state index < -0.39 is 24.0 Å². The van der Waals surface area contributed by atoms with Crippen LogP contribution in [-0.2, 0) is 4.79 Å². The van der Waals surface area contributed by atoms with Crippen molar-refractivity contribution < 1.29 is 23.1 Å². The Morgan fingerprint density at radius 2 is 2.03 bits per heavy atom. The largest absolute Gasteiger partial charge is 0.412 e. The topological polar surface area (TPSA) is 80.3 Å². The summed E-state index contributed by atoms with van der Waals surface area (Å²) in [6.45, 7) is 1.76. The number of thiazole rings is 1. The number of carbonyl (C=O) groups is 2. The lowest BCUT2D eigenvalue weighted by Gasteiger charge is -2.12. The third kappa shape index (κ3) is 3.77. The molecule has 29 heavy (non-hydrogen) atoms. The van der Waals surface area contributed by atoms with Crippen LogP contribution in [0.25, 0.3) is 21.3 Å². The van der Waals surface area contributed by atoms with E-state index in [0.29, 0.717) is 27.3 Å². The van der Waals surface area contributed by atoms with Gasteiger partial charge in [-0.05, 0) is 42.7 Å². The highest BCUT2D eigenvalue weighted by Crippen LogP contribution is 2.38. The third-order valence-electron chi connectivity index (χ3n) is 4.68. The van der Waals surface area contributed by atoms with Gasteiger partial charge in [-0.3, -0.25) is 4.79 Å². The van der Waals surface area contributed by atoms with Gasteiger partial charge >= 0.3 is 6.09 Å². The van der Waals surface area contributed by atoms with Crippen molar-refractivity contribution in [3.8, 4) is 16.9 Å². The van der Waals surface area contributed by atoms with Crippen molar-refractivity contribution >= 4 is 38.7 Å². The number of amides is 2. The van der Waals surface area contributed by atoms with Gasteiger partial charge in [-0.1, -0.05) is 23.5 Å². The van der Waals surface area contributed by atoms with Crippen LogP contribution < -0.4 is 15.4 Å². The molecule has 2 aromatic carbocycles. The molecule has 3 aromatic rings. The van der Waals surface area contributed by atoms with Crippen molar-refractivity contribution in [1.29, 1.82) is 0 Å². The number of nitrogens with one attached hydrogen (secondary N) is 2. The summed E-state index contributed by atoms with van der Waals surface area (Å²) in [5.41, 5.74) is 2.21. The Morgan fingerprint density at radius 3 is 2.72 bits per heavy atom. The first-order valence-electron chi connectivity index (χ1n) is 8.92. The molecule has 150 valence electrons. The predicted octanol–water partition coefficient (Wildman–Crippen LogP) is 4.43. The van der Waals surface area contributed by atoms with E-state index in [0.717, 1.165) is 4.70 Å². The van der Waals surface area contributed by atoms with Crippen LogP contribution in [0.4, 0.5) is 18.7 Å². The van der Waals surface area contributed by atoms with Crippen LogP contribution >= 0.6 is 11.3 Å². The Labute approximate surface area is 168 Å². The molecule has 9 heteroatoms. The molecule has 0 aliphatic heterocycles. The monoisotopic (exact) mass is 417 g/mol. The van der Waals surface area contributed by atoms with Crippen LogP contribution in [0.3, 0.4) is 0 Å². The molecule has 1 fully saturated rings. The van der Waals surface area contributed by atoms with Crippen molar-refractivity contribution in [3.05, 3.63) is 41.7 Å². The van der Waals surface area contributed by atoms with Crippen molar-refractivity contribution in [2.75, 3.05) is 12.4 Å². The molecule has 4 rings (SSSR count). The fraction of sp³-hybridized carbons (Fsp3) is 0.250. The maximum atomic E-state index is 15.0. The summed E-state index contributed by atoms with van der Waals surface area (Å²) in [6, 6.07) is 8.26. The maximum Gasteiger partial charge on any atom is 0.412 e. The number of halogens is 2. The summed E-state index contributed by atoms with van der Waals surface area (Å²) in [6.07, 6.45) is -1.59. The van der Waals surface area contributed by atoms with E-state index >= 15 is 4.39 Å². The van der Waals surface area contributed by atoms with Crippen molar-refractivity contribution in [1.82, 2.24) is 10.3 Å². The average Bonchev–Trinajstić information content (AvgIpc) is 3.29. The number of hydrogen-bond donors (Lipinski definition) is 2. The number of aryl methyl sites for hydroxylation is 1. The first-order valence-corrected chi connectivity index (χ1v) is 9.73. The van der Waals surface area contributed by atoms with E-state index in [1.54, 1.807) is 31.2 Å². The summed E-state index contributed by atoms with van der Waals surface area (Å²) in [7, 11) is 1.39. The van der Waals surface area contributed by atoms with E-state index in [9.17, 15) is 14.0 Å². The van der Waals surface area contributed by atoms with Crippen LogP contribution in [0, 0.1) is 18.7 Å². The fourth-order valence-electron chi connectivity index (χ4n) is 3.00. The lowest BCUT2D eigenvalue weighted by atomic mass is 9.99. The average molecular weight is 417 g/mol. The van der Waals surface area contributed by atoms with Crippen LogP contribution in [0.2, 0.25) is 0 Å². The fourth-order valence-corrected chi connectivity index (χ4v) is 3.91. The van der Waals surface area contributed by atoms with Gasteiger partial charge in [0.1, 0.15) is 6.17 Å². The number of carbonyl (C=O) groups excluding carboxylic acids is 2. The molecule has 1 heterocycles. The minimum Gasteiger partial charge on any atom is -0.407 e. The van der Waals surface area contributed by atoms with Gasteiger partial charge in [0.25, 0.3) is 0 Å². The SMILES string of the molecule is CNC(=O)Oc1ccc(C)c(-c2ccc3nc(NC(=O)[C@@H]4C[C@@H]4F)sc3c2)c1F. The molecule has 1 saturated carbocycles. The molecule has 2 amide bonds. The molecule has 2 N–H and O–H groups in total. The zero-order valence-electron chi connectivity index (χ0n) is 15.6. The van der Waals surface area contributed by atoms with Crippen LogP contribution in [0.1, 0.15) is 12.0 Å². The molecular formula is C20H17F2N3O3S. The van der Waals surface area contributed by atoms with Crippen molar-refractivity contribution in [3.63, 3.8) is 0 Å². The number of hydrogen-bond acceptors (Lipinski definition) is 5. The lowest BCUT2D eigenvalue weighted by molar-refractivity contribution is -0.117. The highest BCUT2D eigenvalue weighted by molar-refractivity contribution is 7.22. The number of fused-ring (bicyclic) bond motifs is 1. The molecule has 0 spiro atoms. The van der Waals surface area contributed by atoms with Gasteiger partial charge in [0, 0.05) is 12.6 Å². The van der Waals surface area contributed by atoms with Crippen LogP contribution in [0.15, 0.2) is 30.3 Å². The third-order valence-corrected chi connectivity index (χ3v) is 5.61. The van der Waals surface area contributed by atoms with Crippen molar-refractivity contribution in [2.24, 2.45) is 5.92 Å². The van der Waals surface area contributed by atoms with Crippen LogP contribution in [-0.4, -0.2) is 30.2 Å².